The van der Waals surface area contributed by atoms with Gasteiger partial charge in [0.25, 0.3) is 0 Å². The molecule has 0 aromatic heterocycles. The van der Waals surface area contributed by atoms with Crippen molar-refractivity contribution in [3.8, 4) is 0 Å². The predicted molar refractivity (Wildman–Crippen MR) is 71.8 cm³/mol. The van der Waals surface area contributed by atoms with Crippen molar-refractivity contribution in [1.82, 2.24) is 4.90 Å². The lowest BCUT2D eigenvalue weighted by Crippen LogP contribution is -2.43. The van der Waals surface area contributed by atoms with Crippen molar-refractivity contribution in [2.24, 2.45) is 11.7 Å². The molecule has 2 N–H and O–H groups in total. The van der Waals surface area contributed by atoms with Crippen molar-refractivity contribution < 1.29 is 8.42 Å². The van der Waals surface area contributed by atoms with Crippen molar-refractivity contribution in [2.75, 3.05) is 31.1 Å². The Bertz CT molecular complexity index is 314. The van der Waals surface area contributed by atoms with Gasteiger partial charge < -0.3 is 10.6 Å². The summed E-state index contributed by atoms with van der Waals surface area (Å²) in [6.45, 7) is 6.60. The minimum Gasteiger partial charge on any atom is -0.328 e. The molecule has 2 atom stereocenters. The van der Waals surface area contributed by atoms with E-state index < -0.39 is 9.84 Å². The van der Waals surface area contributed by atoms with Crippen LogP contribution in [0.25, 0.3) is 0 Å². The summed E-state index contributed by atoms with van der Waals surface area (Å²) in [6.07, 6.45) is 3.03. The Hall–Kier alpha value is -0.130. The first-order valence-corrected chi connectivity index (χ1v) is 8.45. The molecule has 1 fully saturated rings. The number of rotatable bonds is 6. The van der Waals surface area contributed by atoms with E-state index in [-0.39, 0.29) is 6.04 Å². The van der Waals surface area contributed by atoms with Gasteiger partial charge in [0.05, 0.1) is 5.75 Å². The minimum absolute atomic E-state index is 0.213. The van der Waals surface area contributed by atoms with Crippen molar-refractivity contribution in [2.45, 2.75) is 39.2 Å². The molecule has 0 aromatic rings. The zero-order chi connectivity index (χ0) is 12.9. The van der Waals surface area contributed by atoms with Gasteiger partial charge in [0.15, 0.2) is 9.84 Å². The summed E-state index contributed by atoms with van der Waals surface area (Å²) in [6, 6.07) is 0.213. The maximum absolute atomic E-state index is 11.6. The highest BCUT2D eigenvalue weighted by Crippen LogP contribution is 2.18. The van der Waals surface area contributed by atoms with Crippen LogP contribution < -0.4 is 5.73 Å². The summed E-state index contributed by atoms with van der Waals surface area (Å²) in [7, 11) is -2.84. The standard InChI is InChI=1S/C12H26N2O2S/c1-3-8-17(15,16)9-7-14-6-4-5-12(10-14)11(2)13/h11-12H,3-10,13H2,1-2H3. The fourth-order valence-electron chi connectivity index (χ4n) is 2.40. The molecule has 0 aliphatic carbocycles. The Morgan fingerprint density at radius 2 is 2.12 bits per heavy atom. The first-order chi connectivity index (χ1) is 7.94. The van der Waals surface area contributed by atoms with Crippen LogP contribution in [-0.4, -0.2) is 50.5 Å². The third-order valence-electron chi connectivity index (χ3n) is 3.52. The Labute approximate surface area is 105 Å². The monoisotopic (exact) mass is 262 g/mol. The molecule has 4 nitrogen and oxygen atoms in total. The molecule has 0 spiro atoms. The summed E-state index contributed by atoms with van der Waals surface area (Å²) in [5.74, 6) is 1.14. The molecule has 1 heterocycles. The second kappa shape index (κ2) is 6.71. The topological polar surface area (TPSA) is 63.4 Å². The zero-order valence-corrected chi connectivity index (χ0v) is 11.9. The summed E-state index contributed by atoms with van der Waals surface area (Å²) >= 11 is 0. The SMILES string of the molecule is CCCS(=O)(=O)CCN1CCCC(C(C)N)C1. The van der Waals surface area contributed by atoms with Gasteiger partial charge >= 0.3 is 0 Å². The molecule has 0 aromatic carbocycles. The van der Waals surface area contributed by atoms with E-state index in [1.54, 1.807) is 0 Å². The van der Waals surface area contributed by atoms with Crippen molar-refractivity contribution in [3.05, 3.63) is 0 Å². The Morgan fingerprint density at radius 3 is 2.71 bits per heavy atom. The van der Waals surface area contributed by atoms with Gasteiger partial charge in [0.2, 0.25) is 0 Å². The van der Waals surface area contributed by atoms with E-state index in [4.69, 9.17) is 5.73 Å². The van der Waals surface area contributed by atoms with Gasteiger partial charge in [-0.25, -0.2) is 8.42 Å². The Kier molecular flexibility index (Phi) is 5.89. The molecule has 0 amide bonds. The first-order valence-electron chi connectivity index (χ1n) is 6.63. The molecule has 5 heteroatoms. The van der Waals surface area contributed by atoms with Crippen LogP contribution in [-0.2, 0) is 9.84 Å². The maximum Gasteiger partial charge on any atom is 0.151 e. The van der Waals surface area contributed by atoms with E-state index in [2.05, 4.69) is 4.90 Å². The molecule has 0 saturated carbocycles. The second-order valence-electron chi connectivity index (χ2n) is 5.21. The highest BCUT2D eigenvalue weighted by molar-refractivity contribution is 7.91. The van der Waals surface area contributed by atoms with Crippen LogP contribution in [0.2, 0.25) is 0 Å². The van der Waals surface area contributed by atoms with Gasteiger partial charge in [-0.15, -0.1) is 0 Å². The van der Waals surface area contributed by atoms with Crippen molar-refractivity contribution >= 4 is 9.84 Å². The van der Waals surface area contributed by atoms with Gasteiger partial charge in [-0.05, 0) is 38.6 Å². The van der Waals surface area contributed by atoms with Crippen molar-refractivity contribution in [3.63, 3.8) is 0 Å². The lowest BCUT2D eigenvalue weighted by molar-refractivity contribution is 0.169. The summed E-state index contributed by atoms with van der Waals surface area (Å²) in [4.78, 5) is 2.25. The van der Waals surface area contributed by atoms with Crippen LogP contribution in [0.4, 0.5) is 0 Å². The van der Waals surface area contributed by atoms with Gasteiger partial charge in [-0.1, -0.05) is 6.92 Å². The molecular formula is C12H26N2O2S. The first kappa shape index (κ1) is 14.9. The van der Waals surface area contributed by atoms with E-state index in [9.17, 15) is 8.42 Å². The normalized spacial score (nSPS) is 24.8. The van der Waals surface area contributed by atoms with Gasteiger partial charge in [-0.3, -0.25) is 0 Å². The molecule has 1 aliphatic heterocycles. The van der Waals surface area contributed by atoms with Crippen LogP contribution >= 0.6 is 0 Å². The fraction of sp³-hybridized carbons (Fsp3) is 1.00. The molecular weight excluding hydrogens is 236 g/mol. The van der Waals surface area contributed by atoms with Gasteiger partial charge in [0.1, 0.15) is 0 Å². The van der Waals surface area contributed by atoms with Crippen molar-refractivity contribution in [1.29, 1.82) is 0 Å². The molecule has 1 rings (SSSR count). The molecule has 2 unspecified atom stereocenters. The lowest BCUT2D eigenvalue weighted by Gasteiger charge is -2.34. The second-order valence-corrected chi connectivity index (χ2v) is 7.52. The number of likely N-dealkylation sites (tertiary alicyclic amines) is 1. The number of hydrogen-bond acceptors (Lipinski definition) is 4. The Morgan fingerprint density at radius 1 is 1.41 bits per heavy atom. The molecule has 1 aliphatic rings. The summed E-state index contributed by atoms with van der Waals surface area (Å²) in [5, 5.41) is 0. The summed E-state index contributed by atoms with van der Waals surface area (Å²) in [5.41, 5.74) is 5.91. The number of nitrogens with zero attached hydrogens (tertiary/aromatic N) is 1. The van der Waals surface area contributed by atoms with E-state index in [1.165, 1.54) is 6.42 Å². The number of piperidine rings is 1. The average Bonchev–Trinajstić information content (AvgIpc) is 2.27. The number of hydrogen-bond donors (Lipinski definition) is 1. The Balaban J connectivity index is 2.37. The van der Waals surface area contributed by atoms with E-state index in [1.807, 2.05) is 13.8 Å². The highest BCUT2D eigenvalue weighted by Gasteiger charge is 2.23. The number of nitrogens with two attached hydrogens (primary N) is 1. The molecule has 1 saturated heterocycles. The van der Waals surface area contributed by atoms with Gasteiger partial charge in [0, 0.05) is 24.9 Å². The lowest BCUT2D eigenvalue weighted by atomic mass is 9.92. The van der Waals surface area contributed by atoms with Crippen LogP contribution in [0.1, 0.15) is 33.1 Å². The third kappa shape index (κ3) is 5.36. The average molecular weight is 262 g/mol. The van der Waals surface area contributed by atoms with Gasteiger partial charge in [-0.2, -0.15) is 0 Å². The van der Waals surface area contributed by atoms with Crippen LogP contribution in [0.15, 0.2) is 0 Å². The summed E-state index contributed by atoms with van der Waals surface area (Å²) < 4.78 is 23.3. The van der Waals surface area contributed by atoms with Crippen LogP contribution in [0.5, 0.6) is 0 Å². The van der Waals surface area contributed by atoms with Crippen LogP contribution in [0, 0.1) is 5.92 Å². The molecule has 0 radical (unpaired) electrons. The predicted octanol–water partition coefficient (Wildman–Crippen LogP) is 0.870. The highest BCUT2D eigenvalue weighted by atomic mass is 32.2. The number of sulfone groups is 1. The van der Waals surface area contributed by atoms with E-state index in [0.717, 1.165) is 19.5 Å². The third-order valence-corrected chi connectivity index (χ3v) is 5.35. The fourth-order valence-corrected chi connectivity index (χ4v) is 3.77. The zero-order valence-electron chi connectivity index (χ0n) is 11.1. The van der Waals surface area contributed by atoms with Crippen LogP contribution in [0.3, 0.4) is 0 Å². The van der Waals surface area contributed by atoms with E-state index in [0.29, 0.717) is 30.4 Å². The smallest absolute Gasteiger partial charge is 0.151 e. The molecule has 17 heavy (non-hydrogen) atoms. The molecule has 0 bridgehead atoms. The molecule has 102 valence electrons. The maximum atomic E-state index is 11.6. The largest absolute Gasteiger partial charge is 0.328 e. The van der Waals surface area contributed by atoms with E-state index >= 15 is 0 Å². The quantitative estimate of drug-likeness (QED) is 0.771. The minimum atomic E-state index is -2.84.